The highest BCUT2D eigenvalue weighted by Gasteiger charge is 2.05. The van der Waals surface area contributed by atoms with Gasteiger partial charge in [0.05, 0.1) is 0 Å². The molecule has 0 bridgehead atoms. The largest absolute Gasteiger partial charge is 0.411 e. The van der Waals surface area contributed by atoms with Crippen LogP contribution >= 0.6 is 0 Å². The molecule has 0 atom stereocenters. The Kier molecular flexibility index (Phi) is 3.82. The molecule has 0 unspecified atom stereocenters. The molecule has 0 saturated heterocycles. The smallest absolute Gasteiger partial charge is 0.396 e. The summed E-state index contributed by atoms with van der Waals surface area (Å²) >= 11 is 0. The third-order valence-electron chi connectivity index (χ3n) is 1.82. The minimum absolute atomic E-state index is 0.0780. The number of aliphatic hydroxyl groups is 1. The molecule has 5 nitrogen and oxygen atoms in total. The van der Waals surface area contributed by atoms with Gasteiger partial charge in [-0.15, -0.1) is 0 Å². The molecule has 0 aliphatic carbocycles. The van der Waals surface area contributed by atoms with Gasteiger partial charge in [-0.1, -0.05) is 12.1 Å². The summed E-state index contributed by atoms with van der Waals surface area (Å²) in [5.41, 5.74) is 6.19. The van der Waals surface area contributed by atoms with Crippen LogP contribution < -0.4 is 5.73 Å². The van der Waals surface area contributed by atoms with Crippen LogP contribution in [0.25, 0.3) is 0 Å². The molecule has 0 heterocycles. The zero-order chi connectivity index (χ0) is 11.3. The molecule has 0 saturated carbocycles. The van der Waals surface area contributed by atoms with E-state index in [0.29, 0.717) is 12.0 Å². The van der Waals surface area contributed by atoms with Crippen molar-refractivity contribution in [2.24, 2.45) is 5.73 Å². The van der Waals surface area contributed by atoms with Crippen molar-refractivity contribution in [3.8, 4) is 0 Å². The van der Waals surface area contributed by atoms with Crippen molar-refractivity contribution in [2.75, 3.05) is 6.61 Å². The lowest BCUT2D eigenvalue weighted by molar-refractivity contribution is 0.208. The van der Waals surface area contributed by atoms with Crippen LogP contribution in [0.4, 0.5) is 4.79 Å². The summed E-state index contributed by atoms with van der Waals surface area (Å²) < 4.78 is 4.41. The summed E-state index contributed by atoms with van der Waals surface area (Å²) in [6, 6.07) is 6.78. The lowest BCUT2D eigenvalue weighted by Gasteiger charge is -2.03. The van der Waals surface area contributed by atoms with Gasteiger partial charge in [0.2, 0.25) is 5.90 Å². The topological polar surface area (TPSA) is 96.4 Å². The molecule has 80 valence electrons. The number of primary amides is 1. The summed E-state index contributed by atoms with van der Waals surface area (Å²) in [7, 11) is 0. The van der Waals surface area contributed by atoms with Crippen LogP contribution in [0.15, 0.2) is 24.3 Å². The van der Waals surface area contributed by atoms with Gasteiger partial charge in [-0.05, 0) is 24.1 Å². The van der Waals surface area contributed by atoms with Crippen molar-refractivity contribution in [1.82, 2.24) is 0 Å². The highest BCUT2D eigenvalue weighted by molar-refractivity contribution is 5.97. The summed E-state index contributed by atoms with van der Waals surface area (Å²) in [4.78, 5) is 10.4. The van der Waals surface area contributed by atoms with Gasteiger partial charge in [0.15, 0.2) is 0 Å². The Labute approximate surface area is 87.0 Å². The average Bonchev–Trinajstić information content (AvgIpc) is 2.18. The number of nitrogens with one attached hydrogen (secondary N) is 1. The highest BCUT2D eigenvalue weighted by atomic mass is 16.6. The van der Waals surface area contributed by atoms with E-state index >= 15 is 0 Å². The first kappa shape index (κ1) is 11.2. The first-order valence-electron chi connectivity index (χ1n) is 4.39. The number of benzene rings is 1. The molecule has 1 amide bonds. The van der Waals surface area contributed by atoms with Crippen LogP contribution in [-0.4, -0.2) is 23.7 Å². The number of ether oxygens (including phenoxy) is 1. The van der Waals surface area contributed by atoms with Crippen molar-refractivity contribution in [3.05, 3.63) is 35.4 Å². The van der Waals surface area contributed by atoms with E-state index in [2.05, 4.69) is 4.74 Å². The van der Waals surface area contributed by atoms with Crippen molar-refractivity contribution in [1.29, 1.82) is 5.41 Å². The standard InChI is InChI=1S/C10H12N2O3/c11-9(15-10(12)14)8-3-1-7(2-4-8)5-6-13/h1-4,11,13H,5-6H2,(H2,12,14). The van der Waals surface area contributed by atoms with E-state index in [9.17, 15) is 4.79 Å². The molecule has 1 aromatic carbocycles. The van der Waals surface area contributed by atoms with Gasteiger partial charge in [-0.3, -0.25) is 5.41 Å². The molecule has 0 aliphatic heterocycles. The highest BCUT2D eigenvalue weighted by Crippen LogP contribution is 2.06. The fourth-order valence-electron chi connectivity index (χ4n) is 1.11. The third-order valence-corrected chi connectivity index (χ3v) is 1.82. The molecule has 0 radical (unpaired) electrons. The molecule has 0 aromatic heterocycles. The Balaban J connectivity index is 2.71. The summed E-state index contributed by atoms with van der Waals surface area (Å²) in [6.45, 7) is 0.0780. The Hall–Kier alpha value is -1.88. The van der Waals surface area contributed by atoms with Crippen molar-refractivity contribution in [3.63, 3.8) is 0 Å². The maximum absolute atomic E-state index is 10.4. The van der Waals surface area contributed by atoms with Gasteiger partial charge < -0.3 is 15.6 Å². The maximum atomic E-state index is 10.4. The number of amides is 1. The first-order valence-corrected chi connectivity index (χ1v) is 4.39. The molecule has 1 aromatic rings. The molecular weight excluding hydrogens is 196 g/mol. The SMILES string of the molecule is N=C(OC(N)=O)c1ccc(CCO)cc1. The number of carbonyl (C=O) groups excluding carboxylic acids is 1. The average molecular weight is 208 g/mol. The van der Waals surface area contributed by atoms with Crippen molar-refractivity contribution in [2.45, 2.75) is 6.42 Å². The second-order valence-corrected chi connectivity index (χ2v) is 2.92. The molecule has 1 rings (SSSR count). The van der Waals surface area contributed by atoms with E-state index in [0.717, 1.165) is 5.56 Å². The lowest BCUT2D eigenvalue weighted by atomic mass is 10.1. The third kappa shape index (κ3) is 3.40. The van der Waals surface area contributed by atoms with E-state index in [1.165, 1.54) is 0 Å². The Morgan fingerprint density at radius 2 is 2.00 bits per heavy atom. The molecule has 0 aliphatic rings. The quantitative estimate of drug-likeness (QED) is 0.502. The fourth-order valence-corrected chi connectivity index (χ4v) is 1.11. The number of hydrogen-bond donors (Lipinski definition) is 3. The van der Waals surface area contributed by atoms with E-state index in [-0.39, 0.29) is 12.5 Å². The zero-order valence-electron chi connectivity index (χ0n) is 8.06. The van der Waals surface area contributed by atoms with Crippen LogP contribution in [0.5, 0.6) is 0 Å². The first-order chi connectivity index (χ1) is 7.13. The van der Waals surface area contributed by atoms with Gasteiger partial charge in [-0.2, -0.15) is 0 Å². The van der Waals surface area contributed by atoms with Gasteiger partial charge >= 0.3 is 6.09 Å². The van der Waals surface area contributed by atoms with Gasteiger partial charge in [0, 0.05) is 12.2 Å². The molecule has 4 N–H and O–H groups in total. The molecule has 0 fully saturated rings. The van der Waals surface area contributed by atoms with Crippen molar-refractivity contribution >= 4 is 12.0 Å². The number of rotatable bonds is 3. The van der Waals surface area contributed by atoms with E-state index in [1.807, 2.05) is 0 Å². The second-order valence-electron chi connectivity index (χ2n) is 2.92. The lowest BCUT2D eigenvalue weighted by Crippen LogP contribution is -2.18. The fraction of sp³-hybridized carbons (Fsp3) is 0.200. The van der Waals surface area contributed by atoms with Gasteiger partial charge in [-0.25, -0.2) is 4.79 Å². The van der Waals surface area contributed by atoms with E-state index in [1.54, 1.807) is 24.3 Å². The van der Waals surface area contributed by atoms with E-state index in [4.69, 9.17) is 16.2 Å². The maximum Gasteiger partial charge on any atom is 0.411 e. The molecule has 5 heteroatoms. The predicted molar refractivity (Wildman–Crippen MR) is 54.7 cm³/mol. The minimum Gasteiger partial charge on any atom is -0.396 e. The number of hydrogen-bond acceptors (Lipinski definition) is 4. The normalized spacial score (nSPS) is 9.67. The Bertz CT molecular complexity index is 359. The second kappa shape index (κ2) is 5.11. The molecule has 0 spiro atoms. The van der Waals surface area contributed by atoms with E-state index < -0.39 is 6.09 Å². The number of nitrogens with two attached hydrogens (primary N) is 1. The van der Waals surface area contributed by atoms with Gasteiger partial charge in [0.1, 0.15) is 0 Å². The monoisotopic (exact) mass is 208 g/mol. The van der Waals surface area contributed by atoms with Crippen LogP contribution in [0.3, 0.4) is 0 Å². The Morgan fingerprint density at radius 3 is 2.47 bits per heavy atom. The summed E-state index contributed by atoms with van der Waals surface area (Å²) in [5, 5.41) is 16.0. The zero-order valence-corrected chi connectivity index (χ0v) is 8.06. The predicted octanol–water partition coefficient (Wildman–Crippen LogP) is 0.642. The molecule has 15 heavy (non-hydrogen) atoms. The Morgan fingerprint density at radius 1 is 1.40 bits per heavy atom. The summed E-state index contributed by atoms with van der Waals surface area (Å²) in [5.74, 6) is -0.280. The van der Waals surface area contributed by atoms with Crippen LogP contribution in [-0.2, 0) is 11.2 Å². The number of carbonyl (C=O) groups is 1. The number of aliphatic hydroxyl groups excluding tert-OH is 1. The minimum atomic E-state index is -1.00. The van der Waals surface area contributed by atoms with Crippen LogP contribution in [0.2, 0.25) is 0 Å². The van der Waals surface area contributed by atoms with Crippen molar-refractivity contribution < 1.29 is 14.6 Å². The van der Waals surface area contributed by atoms with Crippen LogP contribution in [0.1, 0.15) is 11.1 Å². The van der Waals surface area contributed by atoms with Crippen LogP contribution in [0, 0.1) is 5.41 Å². The van der Waals surface area contributed by atoms with Gasteiger partial charge in [0.25, 0.3) is 0 Å². The summed E-state index contributed by atoms with van der Waals surface area (Å²) in [6.07, 6.45) is -0.441. The molecular formula is C10H12N2O3.